The molecule has 14 rings (SSSR count). The molecule has 0 fully saturated rings. The molecule has 0 aliphatic carbocycles. The van der Waals surface area contributed by atoms with Crippen molar-refractivity contribution >= 4 is 54.6 Å². The van der Waals surface area contributed by atoms with Crippen molar-refractivity contribution < 1.29 is 42.7 Å². The molecule has 0 saturated heterocycles. The van der Waals surface area contributed by atoms with E-state index in [1.165, 1.54) is 16.8 Å². The van der Waals surface area contributed by atoms with Gasteiger partial charge < -0.3 is 18.4 Å². The molecule has 9 aromatic carbocycles. The summed E-state index contributed by atoms with van der Waals surface area (Å²) in [5.41, 5.74) is 9.63. The zero-order valence-electron chi connectivity index (χ0n) is 50.7. The minimum Gasteiger partial charge on any atom is -0.510 e. The molecular weight excluding hydrogens is 1120 g/mol. The van der Waals surface area contributed by atoms with Crippen molar-refractivity contribution in [3.8, 4) is 67.9 Å². The van der Waals surface area contributed by atoms with Crippen molar-refractivity contribution in [1.29, 1.82) is 0 Å². The molecule has 5 aromatic heterocycles. The fraction of sp³-hybridized carbons (Fsp3) is 0.0580. The molecule has 0 aliphatic heterocycles. The largest absolute Gasteiger partial charge is 0.510 e. The van der Waals surface area contributed by atoms with Crippen LogP contribution in [0.1, 0.15) is 38.7 Å². The summed E-state index contributed by atoms with van der Waals surface area (Å²) in [5, 5.41) is 4.30. The molecule has 8 heteroatoms. The Morgan fingerprint density at radius 1 is 0.519 bits per heavy atom. The summed E-state index contributed by atoms with van der Waals surface area (Å²) >= 11 is 0. The molecule has 5 heterocycles. The molecule has 0 radical (unpaired) electrons. The van der Waals surface area contributed by atoms with Gasteiger partial charge in [-0.05, 0) is 111 Å². The first-order valence-corrected chi connectivity index (χ1v) is 24.9. The van der Waals surface area contributed by atoms with Crippen molar-refractivity contribution in [2.24, 2.45) is 0 Å². The predicted octanol–water partition coefficient (Wildman–Crippen LogP) is 16.4. The molecule has 0 spiro atoms. The van der Waals surface area contributed by atoms with E-state index in [0.717, 1.165) is 55.5 Å². The zero-order chi connectivity index (χ0) is 58.7. The normalized spacial score (nSPS) is 13.4. The van der Waals surface area contributed by atoms with Crippen LogP contribution in [0.5, 0.6) is 11.5 Å². The van der Waals surface area contributed by atoms with Crippen molar-refractivity contribution in [1.82, 2.24) is 23.7 Å². The van der Waals surface area contributed by atoms with Gasteiger partial charge in [0.25, 0.3) is 6.33 Å². The van der Waals surface area contributed by atoms with E-state index in [0.29, 0.717) is 33.9 Å². The van der Waals surface area contributed by atoms with Gasteiger partial charge in [0.2, 0.25) is 0 Å². The van der Waals surface area contributed by atoms with Crippen molar-refractivity contribution in [3.63, 3.8) is 0 Å². The molecule has 14 aromatic rings. The van der Waals surface area contributed by atoms with Crippen LogP contribution in [0.25, 0.3) is 111 Å². The maximum absolute atomic E-state index is 9.20. The Balaban J connectivity index is 0.00000686. The van der Waals surface area contributed by atoms with Crippen LogP contribution in [0.2, 0.25) is 0 Å². The van der Waals surface area contributed by atoms with Crippen LogP contribution in [-0.4, -0.2) is 23.7 Å². The van der Waals surface area contributed by atoms with Crippen LogP contribution < -0.4 is 9.30 Å². The number of pyridine rings is 2. The summed E-state index contributed by atoms with van der Waals surface area (Å²) in [6, 6.07) is 57.9. The second kappa shape index (κ2) is 19.2. The van der Waals surface area contributed by atoms with Crippen LogP contribution in [0, 0.1) is 18.5 Å². The first-order valence-electron chi connectivity index (χ1n) is 29.4. The summed E-state index contributed by atoms with van der Waals surface area (Å²) in [6.45, 7) is 6.55. The third-order valence-electron chi connectivity index (χ3n) is 14.0. The fourth-order valence-electron chi connectivity index (χ4n) is 10.5. The first-order chi connectivity index (χ1) is 41.0. The van der Waals surface area contributed by atoms with E-state index in [2.05, 4.69) is 138 Å². The number of para-hydroxylation sites is 3. The number of rotatable bonds is 9. The number of hydrogen-bond acceptors (Lipinski definition) is 3. The van der Waals surface area contributed by atoms with Gasteiger partial charge in [0, 0.05) is 66.9 Å². The van der Waals surface area contributed by atoms with Gasteiger partial charge in [0.1, 0.15) is 5.82 Å². The average Bonchev–Trinajstić information content (AvgIpc) is 1.56. The van der Waals surface area contributed by atoms with Gasteiger partial charge in [0.05, 0.1) is 45.8 Å². The molecule has 77 heavy (non-hydrogen) atoms. The zero-order valence-corrected chi connectivity index (χ0v) is 44.0. The standard InChI is InChI=1S/C69H48N6O.Pt/c1-69(2,3)49-37-39-71-67(41-49)75-63-36-32-51(74-61-29-12-10-24-56(61)57-25-11-13-30-62(57)74)43-59(63)58-34-33-53(44-65(58)75)76-52-23-16-22-50(42-52)72-45-73(66-40-48(31-35-64(66)72)60-28-14-15-38-70-60)68-54(46-18-6-4-7-19-46)26-17-27-55(68)47-20-8-5-9-21-47;/h4-41,43H,1-3H3;/q-2;/i4D,5D,6D,7D,8D,9D,18D,19D,20D;. The fourth-order valence-corrected chi connectivity index (χ4v) is 10.5. The number of aromatic nitrogens is 6. The molecule has 0 saturated carbocycles. The van der Waals surface area contributed by atoms with E-state index in [4.69, 9.17) is 17.9 Å². The number of imidazole rings is 1. The predicted molar refractivity (Wildman–Crippen MR) is 307 cm³/mol. The van der Waals surface area contributed by atoms with Gasteiger partial charge in [0.15, 0.2) is 0 Å². The van der Waals surface area contributed by atoms with Crippen LogP contribution in [-0.2, 0) is 26.5 Å². The summed E-state index contributed by atoms with van der Waals surface area (Å²) < 4.78 is 94.1. The average molecular weight is 1180 g/mol. The van der Waals surface area contributed by atoms with Crippen LogP contribution in [0.15, 0.2) is 237 Å². The number of benzene rings is 9. The molecular formula is C69H48N6OPt-2. The van der Waals surface area contributed by atoms with Crippen LogP contribution in [0.4, 0.5) is 0 Å². The molecule has 372 valence electrons. The van der Waals surface area contributed by atoms with E-state index in [1.54, 1.807) is 39.6 Å². The van der Waals surface area contributed by atoms with Gasteiger partial charge in [-0.2, -0.15) is 18.2 Å². The van der Waals surface area contributed by atoms with E-state index >= 15 is 0 Å². The Morgan fingerprint density at radius 3 is 2.00 bits per heavy atom. The second-order valence-corrected chi connectivity index (χ2v) is 19.6. The summed E-state index contributed by atoms with van der Waals surface area (Å²) in [5.74, 6) is 1.50. The molecule has 0 atom stereocenters. The topological polar surface area (TPSA) is 53.7 Å². The minimum absolute atomic E-state index is 0. The third kappa shape index (κ3) is 8.31. The van der Waals surface area contributed by atoms with Gasteiger partial charge in [-0.1, -0.05) is 160 Å². The quantitative estimate of drug-likeness (QED) is 0.107. The Bertz CT molecular complexity index is 5030. The van der Waals surface area contributed by atoms with Crippen LogP contribution >= 0.6 is 0 Å². The van der Waals surface area contributed by atoms with Gasteiger partial charge >= 0.3 is 0 Å². The maximum atomic E-state index is 9.20. The molecule has 0 unspecified atom stereocenters. The van der Waals surface area contributed by atoms with Crippen LogP contribution in [0.3, 0.4) is 0 Å². The van der Waals surface area contributed by atoms with Crippen molar-refractivity contribution in [3.05, 3.63) is 261 Å². The van der Waals surface area contributed by atoms with Gasteiger partial charge in [-0.25, -0.2) is 4.98 Å². The van der Waals surface area contributed by atoms with E-state index in [9.17, 15) is 4.11 Å². The second-order valence-electron chi connectivity index (χ2n) is 19.6. The molecule has 0 bridgehead atoms. The number of fused-ring (bicyclic) bond motifs is 7. The van der Waals surface area contributed by atoms with Gasteiger partial charge in [-0.15, -0.1) is 29.7 Å². The minimum atomic E-state index is -0.560. The number of ether oxygens (including phenoxy) is 1. The Hall–Kier alpha value is -9.16. The third-order valence-corrected chi connectivity index (χ3v) is 14.0. The van der Waals surface area contributed by atoms with E-state index in [1.807, 2.05) is 60.8 Å². The maximum Gasteiger partial charge on any atom is 0.268 e. The van der Waals surface area contributed by atoms with Crippen molar-refractivity contribution in [2.45, 2.75) is 26.2 Å². The monoisotopic (exact) mass is 1180 g/mol. The summed E-state index contributed by atoms with van der Waals surface area (Å²) in [6.07, 6.45) is 7.07. The Morgan fingerprint density at radius 2 is 1.22 bits per heavy atom. The SMILES string of the molecule is [2H]c1cc(-c2cccc(-c3c([2H])c([2H])c([2H])c([2H])c3[2H])c2-[n+]2[c-]n(-c3[c-]c(Oc4[c-]c5c(cc4)c4cc(-n6c7ccccc7c7ccccc76)ccc4n5-c4cc(C(C)(C)C)ccn4)ccc3)c3ccc(-c4ccccn4)cc32)c([2H])c([2H])c1[2H].[Pt]. The smallest absolute Gasteiger partial charge is 0.268 e. The Kier molecular flexibility index (Phi) is 9.58. The van der Waals surface area contributed by atoms with Gasteiger partial charge in [-0.3, -0.25) is 9.55 Å². The number of nitrogens with zero attached hydrogens (tertiary/aromatic N) is 6. The summed E-state index contributed by atoms with van der Waals surface area (Å²) in [7, 11) is 0. The number of hydrogen-bond donors (Lipinski definition) is 0. The van der Waals surface area contributed by atoms with E-state index < -0.39 is 42.3 Å². The van der Waals surface area contributed by atoms with E-state index in [-0.39, 0.29) is 66.5 Å². The molecule has 0 amide bonds. The Labute approximate surface area is 473 Å². The first kappa shape index (κ1) is 38.4. The summed E-state index contributed by atoms with van der Waals surface area (Å²) in [4.78, 5) is 9.61. The molecule has 7 nitrogen and oxygen atoms in total. The molecule has 0 aliphatic rings. The van der Waals surface area contributed by atoms with Crippen molar-refractivity contribution in [2.75, 3.05) is 0 Å². The molecule has 0 N–H and O–H groups in total.